The zero-order valence-corrected chi connectivity index (χ0v) is 33.8. The van der Waals surface area contributed by atoms with Crippen molar-refractivity contribution in [1.82, 2.24) is 0 Å². The topological polar surface area (TPSA) is 91.1 Å². The van der Waals surface area contributed by atoms with Crippen molar-refractivity contribution < 1.29 is 27.2 Å². The third-order valence-corrected chi connectivity index (χ3v) is 10.3. The molecule has 7 heteroatoms. The van der Waals surface area contributed by atoms with E-state index in [0.717, 1.165) is 20.1 Å². The molecule has 0 fully saturated rings. The smallest absolute Gasteiger partial charge is 0.217 e. The van der Waals surface area contributed by atoms with Crippen molar-refractivity contribution >= 4 is 10.4 Å². The Morgan fingerprint density at radius 3 is 0.875 bits per heavy atom. The second-order valence-electron chi connectivity index (χ2n) is 14.8. The predicted octanol–water partition coefficient (Wildman–Crippen LogP) is 11.3. The molecule has 0 radical (unpaired) electrons. The van der Waals surface area contributed by atoms with Gasteiger partial charge in [0.1, 0.15) is 0 Å². The fourth-order valence-corrected chi connectivity index (χ4v) is 6.63. The highest BCUT2D eigenvalue weighted by Gasteiger charge is 2.10. The number of unbranched alkanes of at least 4 members (excludes halogenated alkanes) is 30. The number of nitrogens with one attached hydrogen (secondary N) is 1. The fourth-order valence-electron chi connectivity index (χ4n) is 6.63. The SMILES string of the molecule is CCCCCCCCCCCCCCCCCC[NH+](CCCCCCCCCCCCCCCCCC)CCC(C)O.COS(=O)(=O)[O-]. The molecule has 2 N–H and O–H groups in total. The first-order valence-electron chi connectivity index (χ1n) is 21.3. The molecule has 0 aliphatic heterocycles. The van der Waals surface area contributed by atoms with Gasteiger partial charge < -0.3 is 14.6 Å². The zero-order valence-electron chi connectivity index (χ0n) is 33.0. The van der Waals surface area contributed by atoms with Gasteiger partial charge in [0.15, 0.2) is 0 Å². The molecule has 1 atom stereocenters. The molecule has 0 rings (SSSR count). The summed E-state index contributed by atoms with van der Waals surface area (Å²) in [5.74, 6) is 0. The molecule has 0 aromatic heterocycles. The van der Waals surface area contributed by atoms with Crippen LogP contribution < -0.4 is 4.90 Å². The van der Waals surface area contributed by atoms with Gasteiger partial charge in [0.2, 0.25) is 10.4 Å². The highest BCUT2D eigenvalue weighted by molar-refractivity contribution is 7.80. The van der Waals surface area contributed by atoms with Crippen molar-refractivity contribution in [3.05, 3.63) is 0 Å². The fraction of sp³-hybridized carbons (Fsp3) is 1.00. The molecule has 0 aromatic rings. The van der Waals surface area contributed by atoms with Crippen LogP contribution in [0.4, 0.5) is 0 Å². The van der Waals surface area contributed by atoms with Crippen LogP contribution in [-0.4, -0.2) is 50.9 Å². The Morgan fingerprint density at radius 1 is 0.479 bits per heavy atom. The van der Waals surface area contributed by atoms with E-state index in [2.05, 4.69) is 18.0 Å². The summed E-state index contributed by atoms with van der Waals surface area (Å²) in [5.41, 5.74) is 0. The molecular weight excluding hydrogens is 619 g/mol. The Labute approximate surface area is 302 Å². The Bertz CT molecular complexity index is 652. The number of aliphatic hydroxyl groups excluding tert-OH is 1. The molecule has 0 saturated carbocycles. The van der Waals surface area contributed by atoms with E-state index in [0.29, 0.717) is 0 Å². The van der Waals surface area contributed by atoms with Crippen LogP contribution in [0.15, 0.2) is 0 Å². The molecule has 0 saturated heterocycles. The van der Waals surface area contributed by atoms with Crippen LogP contribution in [0.1, 0.15) is 233 Å². The van der Waals surface area contributed by atoms with Crippen molar-refractivity contribution in [2.75, 3.05) is 26.7 Å². The van der Waals surface area contributed by atoms with Crippen LogP contribution >= 0.6 is 0 Å². The van der Waals surface area contributed by atoms with Crippen LogP contribution in [0.2, 0.25) is 0 Å². The van der Waals surface area contributed by atoms with Gasteiger partial charge in [-0.2, -0.15) is 0 Å². The zero-order chi connectivity index (χ0) is 35.8. The number of hydrogen-bond acceptors (Lipinski definition) is 5. The summed E-state index contributed by atoms with van der Waals surface area (Å²) in [6, 6.07) is 0. The molecule has 0 spiro atoms. The summed E-state index contributed by atoms with van der Waals surface area (Å²) in [5, 5.41) is 9.81. The lowest BCUT2D eigenvalue weighted by Gasteiger charge is -2.20. The summed E-state index contributed by atoms with van der Waals surface area (Å²) in [7, 11) is -3.60. The number of rotatable bonds is 38. The van der Waals surface area contributed by atoms with Crippen LogP contribution in [0.25, 0.3) is 0 Å². The highest BCUT2D eigenvalue weighted by Crippen LogP contribution is 2.15. The van der Waals surface area contributed by atoms with Crippen molar-refractivity contribution in [3.8, 4) is 0 Å². The van der Waals surface area contributed by atoms with Crippen molar-refractivity contribution in [2.24, 2.45) is 0 Å². The van der Waals surface area contributed by atoms with Crippen molar-refractivity contribution in [3.63, 3.8) is 0 Å². The number of hydrogen-bond donors (Lipinski definition) is 2. The maximum absolute atomic E-state index is 9.81. The van der Waals surface area contributed by atoms with E-state index < -0.39 is 10.4 Å². The van der Waals surface area contributed by atoms with E-state index >= 15 is 0 Å². The molecule has 0 amide bonds. The van der Waals surface area contributed by atoms with E-state index in [4.69, 9.17) is 0 Å². The van der Waals surface area contributed by atoms with Crippen molar-refractivity contribution in [1.29, 1.82) is 0 Å². The monoisotopic (exact) mass is 706 g/mol. The Kier molecular flexibility index (Phi) is 42.8. The van der Waals surface area contributed by atoms with Gasteiger partial charge in [-0.1, -0.05) is 194 Å². The Hall–Kier alpha value is -0.210. The standard InChI is InChI=1S/C40H83NO.CH4O4S/c1-4-6-8-10-12-14-16-18-20-22-24-26-28-30-32-34-37-41(39-36-40(3)42)38-35-33-31-29-27-25-23-21-19-17-15-13-11-9-7-5-2;1-5-6(2,3)4/h40,42H,4-39H2,1-3H3;1H3,(H,2,3,4). The molecule has 1 unspecified atom stereocenters. The van der Waals surface area contributed by atoms with Gasteiger partial charge >= 0.3 is 0 Å². The average molecular weight is 706 g/mol. The maximum atomic E-state index is 9.81. The van der Waals surface area contributed by atoms with Gasteiger partial charge in [-0.05, 0) is 32.6 Å². The number of aliphatic hydroxyl groups is 1. The molecule has 0 aromatic carbocycles. The van der Waals surface area contributed by atoms with E-state index in [1.807, 2.05) is 6.92 Å². The third kappa shape index (κ3) is 47.9. The molecule has 6 nitrogen and oxygen atoms in total. The first-order valence-corrected chi connectivity index (χ1v) is 22.6. The van der Waals surface area contributed by atoms with E-state index in [1.165, 1.54) is 219 Å². The largest absolute Gasteiger partial charge is 0.726 e. The molecule has 48 heavy (non-hydrogen) atoms. The molecule has 0 aliphatic carbocycles. The minimum atomic E-state index is -4.41. The van der Waals surface area contributed by atoms with Gasteiger partial charge in [0, 0.05) is 6.42 Å². The van der Waals surface area contributed by atoms with E-state index in [-0.39, 0.29) is 6.10 Å². The highest BCUT2D eigenvalue weighted by atomic mass is 32.3. The lowest BCUT2D eigenvalue weighted by atomic mass is 10.0. The van der Waals surface area contributed by atoms with Crippen molar-refractivity contribution in [2.45, 2.75) is 239 Å². The molecule has 0 bridgehead atoms. The Morgan fingerprint density at radius 2 is 0.688 bits per heavy atom. The van der Waals surface area contributed by atoms with Gasteiger partial charge in [-0.15, -0.1) is 0 Å². The lowest BCUT2D eigenvalue weighted by Crippen LogP contribution is -3.12. The summed E-state index contributed by atoms with van der Waals surface area (Å²) >= 11 is 0. The Balaban J connectivity index is 0. The summed E-state index contributed by atoms with van der Waals surface area (Å²) in [6.45, 7) is 10.4. The van der Waals surface area contributed by atoms with Crippen LogP contribution in [0.3, 0.4) is 0 Å². The minimum absolute atomic E-state index is 0.142. The van der Waals surface area contributed by atoms with Crippen LogP contribution in [0, 0.1) is 0 Å². The minimum Gasteiger partial charge on any atom is -0.726 e. The average Bonchev–Trinajstić information content (AvgIpc) is 3.06. The second-order valence-corrected chi connectivity index (χ2v) is 16.0. The van der Waals surface area contributed by atoms with Gasteiger partial charge in [-0.3, -0.25) is 4.18 Å². The number of quaternary nitrogens is 1. The molecule has 292 valence electrons. The lowest BCUT2D eigenvalue weighted by molar-refractivity contribution is -0.901. The van der Waals surface area contributed by atoms with Gasteiger partial charge in [-0.25, -0.2) is 8.42 Å². The normalized spacial score (nSPS) is 12.4. The maximum Gasteiger partial charge on any atom is 0.217 e. The third-order valence-electron chi connectivity index (χ3n) is 9.89. The molecule has 0 heterocycles. The first kappa shape index (κ1) is 49.9. The van der Waals surface area contributed by atoms with Gasteiger partial charge in [0.25, 0.3) is 0 Å². The van der Waals surface area contributed by atoms with Gasteiger partial charge in [0.05, 0.1) is 32.8 Å². The van der Waals surface area contributed by atoms with E-state index in [9.17, 15) is 18.1 Å². The molecular formula is C41H87NO5S. The predicted molar refractivity (Wildman–Crippen MR) is 208 cm³/mol. The van der Waals surface area contributed by atoms with Crippen LogP contribution in [0.5, 0.6) is 0 Å². The second kappa shape index (κ2) is 41.2. The first-order chi connectivity index (χ1) is 23.3. The van der Waals surface area contributed by atoms with E-state index in [1.54, 1.807) is 4.90 Å². The summed E-state index contributed by atoms with van der Waals surface area (Å²) in [6.07, 6.45) is 47.1. The molecule has 0 aliphatic rings. The van der Waals surface area contributed by atoms with Crippen LogP contribution in [-0.2, 0) is 14.6 Å². The summed E-state index contributed by atoms with van der Waals surface area (Å²) in [4.78, 5) is 1.76. The summed E-state index contributed by atoms with van der Waals surface area (Å²) < 4.78 is 31.0. The quantitative estimate of drug-likeness (QED) is 0.0379.